The Morgan fingerprint density at radius 3 is 2.31 bits per heavy atom. The van der Waals surface area contributed by atoms with Crippen LogP contribution in [0.25, 0.3) is 0 Å². The third-order valence-electron chi connectivity index (χ3n) is 4.83. The summed E-state index contributed by atoms with van der Waals surface area (Å²) in [4.78, 5) is 14.7. The van der Waals surface area contributed by atoms with Gasteiger partial charge in [0, 0.05) is 44.0 Å². The minimum atomic E-state index is -3.12. The van der Waals surface area contributed by atoms with Crippen molar-refractivity contribution in [3.8, 4) is 5.75 Å². The molecule has 1 N–H and O–H groups in total. The average Bonchev–Trinajstić information content (AvgIpc) is 2.68. The third-order valence-corrected chi connectivity index (χ3v) is 6.43. The van der Waals surface area contributed by atoms with Crippen LogP contribution < -0.4 is 10.1 Å². The number of nitrogens with one attached hydrogen (secondary N) is 1. The predicted octanol–water partition coefficient (Wildman–Crippen LogP) is 2.68. The fraction of sp³-hybridized carbons (Fsp3) is 0.350. The predicted molar refractivity (Wildman–Crippen MR) is 114 cm³/mol. The average molecular weight is 438 g/mol. The first-order valence-corrected chi connectivity index (χ1v) is 11.4. The number of piperazine rings is 1. The molecule has 7 nitrogen and oxygen atoms in total. The molecule has 2 aromatic carbocycles. The molecule has 0 spiro atoms. The number of hydrogen-bond acceptors (Lipinski definition) is 5. The summed E-state index contributed by atoms with van der Waals surface area (Å²) < 4.78 is 29.8. The zero-order valence-corrected chi connectivity index (χ0v) is 18.0. The number of carbonyl (C=O) groups excluding carboxylic acids is 1. The number of rotatable bonds is 6. The molecule has 3 rings (SSSR count). The number of hydrogen-bond donors (Lipinski definition) is 1. The number of nitrogens with zero attached hydrogens (tertiary/aromatic N) is 2. The fourth-order valence-corrected chi connectivity index (χ4v) is 4.27. The molecule has 1 aliphatic rings. The van der Waals surface area contributed by atoms with Crippen LogP contribution in [0, 0.1) is 0 Å². The highest BCUT2D eigenvalue weighted by molar-refractivity contribution is 7.88. The van der Waals surface area contributed by atoms with E-state index < -0.39 is 10.0 Å². The van der Waals surface area contributed by atoms with Crippen LogP contribution in [0.15, 0.2) is 42.5 Å². The standard InChI is InChI=1S/C20H24ClN3O4S/c1-28-19-8-7-17(13-18(19)21)22-20(25)16-5-3-15(4-6-16)14-23-9-11-24(12-10-23)29(2,26)27/h3-8,13H,9-12,14H2,1-2H3,(H,22,25). The van der Waals surface area contributed by atoms with Crippen LogP contribution in [-0.4, -0.2) is 63.1 Å². The van der Waals surface area contributed by atoms with E-state index in [1.165, 1.54) is 17.7 Å². The lowest BCUT2D eigenvalue weighted by Crippen LogP contribution is -2.47. The number of amides is 1. The van der Waals surface area contributed by atoms with E-state index in [9.17, 15) is 13.2 Å². The summed E-state index contributed by atoms with van der Waals surface area (Å²) in [6.45, 7) is 3.10. The summed E-state index contributed by atoms with van der Waals surface area (Å²) in [5.41, 5.74) is 2.21. The summed E-state index contributed by atoms with van der Waals surface area (Å²) in [6, 6.07) is 12.5. The largest absolute Gasteiger partial charge is 0.495 e. The molecule has 9 heteroatoms. The number of halogens is 1. The van der Waals surface area contributed by atoms with Crippen LogP contribution in [0.3, 0.4) is 0 Å². The third kappa shape index (κ3) is 5.70. The maximum absolute atomic E-state index is 12.5. The van der Waals surface area contributed by atoms with E-state index in [-0.39, 0.29) is 5.91 Å². The molecular weight excluding hydrogens is 414 g/mol. The Balaban J connectivity index is 1.56. The molecule has 1 saturated heterocycles. The van der Waals surface area contributed by atoms with Gasteiger partial charge >= 0.3 is 0 Å². The van der Waals surface area contributed by atoms with Crippen molar-refractivity contribution in [1.29, 1.82) is 0 Å². The molecule has 1 amide bonds. The molecule has 29 heavy (non-hydrogen) atoms. The Hall–Kier alpha value is -2.13. The van der Waals surface area contributed by atoms with Gasteiger partial charge in [-0.1, -0.05) is 23.7 Å². The van der Waals surface area contributed by atoms with Gasteiger partial charge in [0.25, 0.3) is 5.91 Å². The van der Waals surface area contributed by atoms with E-state index in [1.54, 1.807) is 30.3 Å². The number of sulfonamides is 1. The van der Waals surface area contributed by atoms with Crippen LogP contribution in [0.2, 0.25) is 5.02 Å². The van der Waals surface area contributed by atoms with Gasteiger partial charge in [0.1, 0.15) is 5.75 Å². The molecule has 0 aromatic heterocycles. The minimum absolute atomic E-state index is 0.223. The maximum Gasteiger partial charge on any atom is 0.255 e. The number of carbonyl (C=O) groups is 1. The van der Waals surface area contributed by atoms with Crippen LogP contribution in [-0.2, 0) is 16.6 Å². The van der Waals surface area contributed by atoms with Crippen molar-refractivity contribution in [2.45, 2.75) is 6.54 Å². The number of methoxy groups -OCH3 is 1. The highest BCUT2D eigenvalue weighted by atomic mass is 35.5. The summed E-state index contributed by atoms with van der Waals surface area (Å²) >= 11 is 6.09. The smallest absolute Gasteiger partial charge is 0.255 e. The van der Waals surface area contributed by atoms with Gasteiger partial charge in [-0.25, -0.2) is 8.42 Å². The van der Waals surface area contributed by atoms with Gasteiger partial charge in [0.05, 0.1) is 18.4 Å². The molecule has 1 aliphatic heterocycles. The van der Waals surface area contributed by atoms with Crippen LogP contribution >= 0.6 is 11.6 Å². The Morgan fingerprint density at radius 1 is 1.10 bits per heavy atom. The van der Waals surface area contributed by atoms with Crippen LogP contribution in [0.5, 0.6) is 5.75 Å². The number of benzene rings is 2. The highest BCUT2D eigenvalue weighted by Gasteiger charge is 2.23. The van der Waals surface area contributed by atoms with Gasteiger partial charge < -0.3 is 10.1 Å². The Kier molecular flexibility index (Phi) is 6.79. The van der Waals surface area contributed by atoms with Crippen molar-refractivity contribution < 1.29 is 17.9 Å². The molecule has 2 aromatic rings. The normalized spacial score (nSPS) is 15.8. The van der Waals surface area contributed by atoms with Crippen molar-refractivity contribution in [2.75, 3.05) is 44.9 Å². The zero-order valence-electron chi connectivity index (χ0n) is 16.4. The van der Waals surface area contributed by atoms with Gasteiger partial charge in [0.15, 0.2) is 0 Å². The van der Waals surface area contributed by atoms with Crippen molar-refractivity contribution in [2.24, 2.45) is 0 Å². The van der Waals surface area contributed by atoms with Crippen LogP contribution in [0.4, 0.5) is 5.69 Å². The number of anilines is 1. The summed E-state index contributed by atoms with van der Waals surface area (Å²) in [5.74, 6) is 0.325. The molecule has 0 unspecified atom stereocenters. The SMILES string of the molecule is COc1ccc(NC(=O)c2ccc(CN3CCN(S(C)(=O)=O)CC3)cc2)cc1Cl. The van der Waals surface area contributed by atoms with Crippen molar-refractivity contribution in [1.82, 2.24) is 9.21 Å². The van der Waals surface area contributed by atoms with E-state index in [2.05, 4.69) is 10.2 Å². The first-order valence-electron chi connectivity index (χ1n) is 9.17. The van der Waals surface area contributed by atoms with E-state index >= 15 is 0 Å². The van der Waals surface area contributed by atoms with Gasteiger partial charge in [-0.2, -0.15) is 4.31 Å². The van der Waals surface area contributed by atoms with Crippen molar-refractivity contribution in [3.05, 3.63) is 58.6 Å². The molecule has 0 aliphatic carbocycles. The summed E-state index contributed by atoms with van der Waals surface area (Å²) in [5, 5.41) is 3.25. The Labute approximate surface area is 176 Å². The molecule has 0 atom stereocenters. The van der Waals surface area contributed by atoms with Gasteiger partial charge in [-0.3, -0.25) is 9.69 Å². The first kappa shape index (κ1) is 21.6. The summed E-state index contributed by atoms with van der Waals surface area (Å²) in [6.07, 6.45) is 1.24. The second-order valence-corrected chi connectivity index (χ2v) is 9.33. The first-order chi connectivity index (χ1) is 13.8. The topological polar surface area (TPSA) is 79.0 Å². The Morgan fingerprint density at radius 2 is 1.76 bits per heavy atom. The molecular formula is C20H24ClN3O4S. The molecule has 1 heterocycles. The molecule has 156 valence electrons. The number of ether oxygens (including phenoxy) is 1. The molecule has 0 saturated carbocycles. The maximum atomic E-state index is 12.5. The van der Waals surface area contributed by atoms with E-state index in [1.807, 2.05) is 12.1 Å². The monoisotopic (exact) mass is 437 g/mol. The van der Waals surface area contributed by atoms with Gasteiger partial charge in [0.2, 0.25) is 10.0 Å². The lowest BCUT2D eigenvalue weighted by molar-refractivity contribution is 0.102. The quantitative estimate of drug-likeness (QED) is 0.751. The van der Waals surface area contributed by atoms with Gasteiger partial charge in [-0.05, 0) is 35.9 Å². The van der Waals surface area contributed by atoms with Crippen LogP contribution in [0.1, 0.15) is 15.9 Å². The zero-order chi connectivity index (χ0) is 21.0. The minimum Gasteiger partial charge on any atom is -0.495 e. The summed E-state index contributed by atoms with van der Waals surface area (Å²) in [7, 11) is -1.59. The fourth-order valence-electron chi connectivity index (χ4n) is 3.19. The second kappa shape index (κ2) is 9.13. The molecule has 0 bridgehead atoms. The van der Waals surface area contributed by atoms with E-state index in [0.717, 1.165) is 5.56 Å². The Bertz CT molecular complexity index is 972. The van der Waals surface area contributed by atoms with E-state index in [0.29, 0.717) is 54.7 Å². The van der Waals surface area contributed by atoms with Crippen molar-refractivity contribution in [3.63, 3.8) is 0 Å². The second-order valence-electron chi connectivity index (χ2n) is 6.94. The lowest BCUT2D eigenvalue weighted by Gasteiger charge is -2.33. The van der Waals surface area contributed by atoms with E-state index in [4.69, 9.17) is 16.3 Å². The lowest BCUT2D eigenvalue weighted by atomic mass is 10.1. The van der Waals surface area contributed by atoms with Crippen molar-refractivity contribution >= 4 is 33.2 Å². The highest BCUT2D eigenvalue weighted by Crippen LogP contribution is 2.27. The molecule has 0 radical (unpaired) electrons. The molecule has 1 fully saturated rings. The van der Waals surface area contributed by atoms with Gasteiger partial charge in [-0.15, -0.1) is 0 Å².